The van der Waals surface area contributed by atoms with Crippen LogP contribution < -0.4 is 0 Å². The number of rotatable bonds is 5. The molecular formula is C45H36N2. The Morgan fingerprint density at radius 3 is 1.49 bits per heavy atom. The molecular weight excluding hydrogens is 569 g/mol. The van der Waals surface area contributed by atoms with Crippen molar-refractivity contribution in [1.82, 2.24) is 9.97 Å². The van der Waals surface area contributed by atoms with Gasteiger partial charge < -0.3 is 0 Å². The van der Waals surface area contributed by atoms with Crippen LogP contribution in [0.1, 0.15) is 25.0 Å². The first-order valence-electron chi connectivity index (χ1n) is 16.3. The molecule has 0 spiro atoms. The van der Waals surface area contributed by atoms with Crippen molar-refractivity contribution in [3.8, 4) is 44.8 Å². The maximum Gasteiger partial charge on any atom is 0.0978 e. The van der Waals surface area contributed by atoms with Crippen LogP contribution in [0.5, 0.6) is 0 Å². The first kappa shape index (κ1) is 29.8. The van der Waals surface area contributed by atoms with Crippen molar-refractivity contribution in [2.24, 2.45) is 0 Å². The third kappa shape index (κ3) is 5.60. The molecule has 8 rings (SSSR count). The number of benzene rings is 6. The minimum Gasteiger partial charge on any atom is -0.245 e. The van der Waals surface area contributed by atoms with E-state index in [1.807, 2.05) is 19.9 Å². The summed E-state index contributed by atoms with van der Waals surface area (Å²) in [5.41, 5.74) is 12.7. The second kappa shape index (κ2) is 12.9. The number of pyridine rings is 2. The average molecular weight is 605 g/mol. The molecule has 0 radical (unpaired) electrons. The van der Waals surface area contributed by atoms with Crippen LogP contribution in [0.4, 0.5) is 0 Å². The summed E-state index contributed by atoms with van der Waals surface area (Å²) >= 11 is 0. The molecule has 2 heteroatoms. The van der Waals surface area contributed by atoms with Gasteiger partial charge in [-0.15, -0.1) is 0 Å². The quantitative estimate of drug-likeness (QED) is 0.183. The molecule has 226 valence electrons. The molecule has 47 heavy (non-hydrogen) atoms. The maximum atomic E-state index is 5.41. The average Bonchev–Trinajstić information content (AvgIpc) is 3.15. The van der Waals surface area contributed by atoms with E-state index in [0.29, 0.717) is 0 Å². The second-order valence-corrected chi connectivity index (χ2v) is 11.5. The SMILES string of the molecule is C=Cc1ccc(-c2cc(-c3ccccc3)c3ccc4c(-c5ccccc5)cc(-c5ccc6ccccc6c5)nc4c3n2)cc1C.CC. The maximum absolute atomic E-state index is 5.41. The van der Waals surface area contributed by atoms with Gasteiger partial charge in [-0.05, 0) is 75.3 Å². The van der Waals surface area contributed by atoms with Gasteiger partial charge in [0.1, 0.15) is 0 Å². The topological polar surface area (TPSA) is 25.8 Å². The summed E-state index contributed by atoms with van der Waals surface area (Å²) in [5.74, 6) is 0. The highest BCUT2D eigenvalue weighted by atomic mass is 14.8. The zero-order chi connectivity index (χ0) is 32.3. The van der Waals surface area contributed by atoms with E-state index in [4.69, 9.17) is 9.97 Å². The number of hydrogen-bond donors (Lipinski definition) is 0. The van der Waals surface area contributed by atoms with Crippen LogP contribution in [0.25, 0.3) is 83.4 Å². The van der Waals surface area contributed by atoms with Crippen molar-refractivity contribution in [2.45, 2.75) is 20.8 Å². The van der Waals surface area contributed by atoms with Crippen LogP contribution in [0.2, 0.25) is 0 Å². The summed E-state index contributed by atoms with van der Waals surface area (Å²) in [6, 6.07) is 51.6. The Balaban J connectivity index is 0.00000172. The van der Waals surface area contributed by atoms with Crippen LogP contribution in [0.15, 0.2) is 152 Å². The molecule has 6 aromatic carbocycles. The monoisotopic (exact) mass is 604 g/mol. The van der Waals surface area contributed by atoms with Gasteiger partial charge >= 0.3 is 0 Å². The molecule has 0 unspecified atom stereocenters. The van der Waals surface area contributed by atoms with Gasteiger partial charge in [-0.3, -0.25) is 0 Å². The van der Waals surface area contributed by atoms with Gasteiger partial charge in [-0.1, -0.05) is 148 Å². The lowest BCUT2D eigenvalue weighted by atomic mass is 9.93. The molecule has 0 aliphatic heterocycles. The van der Waals surface area contributed by atoms with E-state index in [0.717, 1.165) is 72.1 Å². The first-order valence-corrected chi connectivity index (χ1v) is 16.3. The molecule has 0 aliphatic carbocycles. The summed E-state index contributed by atoms with van der Waals surface area (Å²) in [6.45, 7) is 10.1. The molecule has 2 heterocycles. The largest absolute Gasteiger partial charge is 0.245 e. The Kier molecular flexibility index (Phi) is 8.16. The van der Waals surface area contributed by atoms with E-state index < -0.39 is 0 Å². The Labute approximate surface area is 276 Å². The van der Waals surface area contributed by atoms with E-state index in [9.17, 15) is 0 Å². The Hall–Kier alpha value is -5.86. The highest BCUT2D eigenvalue weighted by molar-refractivity contribution is 6.13. The molecule has 0 aliphatic rings. The van der Waals surface area contributed by atoms with Crippen LogP contribution in [-0.4, -0.2) is 9.97 Å². The summed E-state index contributed by atoms with van der Waals surface area (Å²) in [5, 5.41) is 4.58. The van der Waals surface area contributed by atoms with Crippen molar-refractivity contribution < 1.29 is 0 Å². The van der Waals surface area contributed by atoms with E-state index in [1.54, 1.807) is 0 Å². The summed E-state index contributed by atoms with van der Waals surface area (Å²) in [4.78, 5) is 10.8. The van der Waals surface area contributed by atoms with Crippen LogP contribution in [-0.2, 0) is 0 Å². The van der Waals surface area contributed by atoms with E-state index >= 15 is 0 Å². The Morgan fingerprint density at radius 1 is 0.468 bits per heavy atom. The van der Waals surface area contributed by atoms with Gasteiger partial charge in [-0.25, -0.2) is 9.97 Å². The molecule has 0 N–H and O–H groups in total. The highest BCUT2D eigenvalue weighted by Gasteiger charge is 2.17. The van der Waals surface area contributed by atoms with Crippen molar-refractivity contribution >= 4 is 38.7 Å². The smallest absolute Gasteiger partial charge is 0.0978 e. The zero-order valence-electron chi connectivity index (χ0n) is 27.0. The minimum absolute atomic E-state index is 0.897. The third-order valence-electron chi connectivity index (χ3n) is 8.76. The number of nitrogens with zero attached hydrogens (tertiary/aromatic N) is 2. The number of fused-ring (bicyclic) bond motifs is 4. The van der Waals surface area contributed by atoms with Gasteiger partial charge in [0.15, 0.2) is 0 Å². The summed E-state index contributed by atoms with van der Waals surface area (Å²) in [6.07, 6.45) is 1.90. The number of hydrogen-bond acceptors (Lipinski definition) is 2. The predicted octanol–water partition coefficient (Wildman–Crippen LogP) is 12.6. The molecule has 0 atom stereocenters. The molecule has 0 bridgehead atoms. The lowest BCUT2D eigenvalue weighted by Crippen LogP contribution is -1.96. The van der Waals surface area contributed by atoms with Crippen LogP contribution in [0, 0.1) is 6.92 Å². The van der Waals surface area contributed by atoms with Crippen molar-refractivity contribution in [2.75, 3.05) is 0 Å². The molecule has 0 fully saturated rings. The van der Waals surface area contributed by atoms with Gasteiger partial charge in [0.25, 0.3) is 0 Å². The Bertz CT molecular complexity index is 2390. The second-order valence-electron chi connectivity index (χ2n) is 11.5. The summed E-state index contributed by atoms with van der Waals surface area (Å²) < 4.78 is 0. The minimum atomic E-state index is 0.897. The normalized spacial score (nSPS) is 11.0. The van der Waals surface area contributed by atoms with Crippen molar-refractivity contribution in [1.29, 1.82) is 0 Å². The van der Waals surface area contributed by atoms with E-state index in [-0.39, 0.29) is 0 Å². The molecule has 2 nitrogen and oxygen atoms in total. The van der Waals surface area contributed by atoms with Gasteiger partial charge in [0.05, 0.1) is 22.4 Å². The first-order chi connectivity index (χ1) is 23.2. The van der Waals surface area contributed by atoms with Crippen LogP contribution in [0.3, 0.4) is 0 Å². The van der Waals surface area contributed by atoms with Gasteiger partial charge in [0.2, 0.25) is 0 Å². The van der Waals surface area contributed by atoms with Crippen LogP contribution >= 0.6 is 0 Å². The summed E-state index contributed by atoms with van der Waals surface area (Å²) in [7, 11) is 0. The molecule has 0 amide bonds. The van der Waals surface area contributed by atoms with Crippen molar-refractivity contribution in [3.05, 3.63) is 163 Å². The van der Waals surface area contributed by atoms with E-state index in [2.05, 4.69) is 159 Å². The fourth-order valence-electron chi connectivity index (χ4n) is 6.40. The highest BCUT2D eigenvalue weighted by Crippen LogP contribution is 2.39. The van der Waals surface area contributed by atoms with Gasteiger partial charge in [-0.2, -0.15) is 0 Å². The standard InChI is InChI=1S/C43H30N2.C2H6/c1-3-29-18-20-34(24-28(29)2)40-26-38(31-13-6-4-7-14-31)36-22-23-37-39(32-15-8-5-9-16-32)27-41(45-43(37)42(36)44-40)35-21-19-30-12-10-11-17-33(30)25-35;1-2/h3-27H,1H2,2H3;1-2H3. The van der Waals surface area contributed by atoms with E-state index in [1.165, 1.54) is 16.3 Å². The fraction of sp³-hybridized carbons (Fsp3) is 0.0667. The van der Waals surface area contributed by atoms with Gasteiger partial charge in [0, 0.05) is 21.9 Å². The molecule has 8 aromatic rings. The lowest BCUT2D eigenvalue weighted by Gasteiger charge is -2.16. The number of aromatic nitrogens is 2. The molecule has 0 saturated heterocycles. The third-order valence-corrected chi connectivity index (χ3v) is 8.76. The predicted molar refractivity (Wildman–Crippen MR) is 202 cm³/mol. The molecule has 2 aromatic heterocycles. The van der Waals surface area contributed by atoms with Crippen molar-refractivity contribution in [3.63, 3.8) is 0 Å². The lowest BCUT2D eigenvalue weighted by molar-refractivity contribution is 1.35. The zero-order valence-corrected chi connectivity index (χ0v) is 27.0. The fourth-order valence-corrected chi connectivity index (χ4v) is 6.40. The molecule has 0 saturated carbocycles. The Morgan fingerprint density at radius 2 is 0.957 bits per heavy atom. The number of aryl methyl sites for hydroxylation is 1.